The maximum Gasteiger partial charge on any atom is 0.0586 e. The number of methoxy groups -OCH3 is 1. The quantitative estimate of drug-likeness (QED) is 0.739. The van der Waals surface area contributed by atoms with Gasteiger partial charge in [0, 0.05) is 24.0 Å². The van der Waals surface area contributed by atoms with E-state index in [9.17, 15) is 0 Å². The van der Waals surface area contributed by atoms with Crippen molar-refractivity contribution in [1.82, 2.24) is 4.90 Å². The van der Waals surface area contributed by atoms with E-state index in [1.54, 1.807) is 0 Å². The van der Waals surface area contributed by atoms with Crippen LogP contribution in [0.4, 0.5) is 0 Å². The molecule has 2 rings (SSSR count). The van der Waals surface area contributed by atoms with E-state index < -0.39 is 0 Å². The smallest absolute Gasteiger partial charge is 0.0586 e. The van der Waals surface area contributed by atoms with E-state index in [1.165, 1.54) is 51.4 Å². The van der Waals surface area contributed by atoms with Gasteiger partial charge in [0.2, 0.25) is 0 Å². The van der Waals surface area contributed by atoms with Crippen LogP contribution in [-0.2, 0) is 4.74 Å². The normalized spacial score (nSPS) is 39.5. The van der Waals surface area contributed by atoms with Gasteiger partial charge in [0.25, 0.3) is 0 Å². The Morgan fingerprint density at radius 2 is 1.82 bits per heavy atom. The third-order valence-corrected chi connectivity index (χ3v) is 5.75. The zero-order valence-electron chi connectivity index (χ0n) is 11.2. The Bertz CT molecular complexity index is 236. The summed E-state index contributed by atoms with van der Waals surface area (Å²) in [6, 6.07) is 1.47. The molecule has 100 valence electrons. The van der Waals surface area contributed by atoms with Gasteiger partial charge >= 0.3 is 0 Å². The zero-order valence-corrected chi connectivity index (χ0v) is 12.8. The minimum Gasteiger partial charge on any atom is -0.381 e. The monoisotopic (exact) mass is 303 g/mol. The molecule has 0 aromatic heterocycles. The number of ether oxygens (including phenoxy) is 1. The molecule has 0 amide bonds. The largest absolute Gasteiger partial charge is 0.381 e. The van der Waals surface area contributed by atoms with Gasteiger partial charge in [-0.25, -0.2) is 0 Å². The van der Waals surface area contributed by atoms with E-state index in [1.807, 2.05) is 7.11 Å². The number of nitrogens with zero attached hydrogens (tertiary/aromatic N) is 1. The molecule has 17 heavy (non-hydrogen) atoms. The molecule has 3 heteroatoms. The van der Waals surface area contributed by atoms with Crippen LogP contribution in [0.2, 0.25) is 0 Å². The average Bonchev–Trinajstić information content (AvgIpc) is 2.38. The second kappa shape index (κ2) is 6.53. The highest BCUT2D eigenvalue weighted by atomic mass is 79.9. The van der Waals surface area contributed by atoms with E-state index in [0.717, 1.165) is 12.1 Å². The van der Waals surface area contributed by atoms with Crippen LogP contribution >= 0.6 is 15.9 Å². The summed E-state index contributed by atoms with van der Waals surface area (Å²) in [6.45, 7) is 0. The number of rotatable bonds is 3. The van der Waals surface area contributed by atoms with Crippen molar-refractivity contribution in [2.45, 2.75) is 74.4 Å². The molecular weight excluding hydrogens is 278 g/mol. The first-order valence-electron chi connectivity index (χ1n) is 7.11. The molecule has 2 aliphatic rings. The molecule has 0 aromatic rings. The van der Waals surface area contributed by atoms with Gasteiger partial charge in [-0.05, 0) is 45.6 Å². The average molecular weight is 304 g/mol. The van der Waals surface area contributed by atoms with Crippen LogP contribution in [0.1, 0.15) is 51.4 Å². The van der Waals surface area contributed by atoms with Gasteiger partial charge in [0.15, 0.2) is 0 Å². The van der Waals surface area contributed by atoms with Crippen molar-refractivity contribution in [3.8, 4) is 0 Å². The van der Waals surface area contributed by atoms with E-state index in [4.69, 9.17) is 4.74 Å². The van der Waals surface area contributed by atoms with Crippen molar-refractivity contribution in [1.29, 1.82) is 0 Å². The highest BCUT2D eigenvalue weighted by Gasteiger charge is 2.32. The van der Waals surface area contributed by atoms with Crippen LogP contribution in [0, 0.1) is 0 Å². The summed E-state index contributed by atoms with van der Waals surface area (Å²) in [5, 5.41) is 0. The molecule has 4 unspecified atom stereocenters. The SMILES string of the molecule is COC1CCCC(N(C)C2CCCCC2Br)C1. The standard InChI is InChI=1S/C14H26BrNO/c1-16(14-9-4-3-8-13(14)15)11-6-5-7-12(10-11)17-2/h11-14H,3-10H2,1-2H3. The Balaban J connectivity index is 1.91. The lowest BCUT2D eigenvalue weighted by Crippen LogP contribution is -2.48. The molecule has 2 saturated carbocycles. The van der Waals surface area contributed by atoms with Crippen molar-refractivity contribution < 1.29 is 4.74 Å². The zero-order chi connectivity index (χ0) is 12.3. The number of hydrogen-bond acceptors (Lipinski definition) is 2. The van der Waals surface area contributed by atoms with E-state index in [2.05, 4.69) is 27.9 Å². The fourth-order valence-corrected chi connectivity index (χ4v) is 4.46. The lowest BCUT2D eigenvalue weighted by atomic mass is 9.88. The first-order chi connectivity index (χ1) is 8.22. The Morgan fingerprint density at radius 1 is 1.06 bits per heavy atom. The molecule has 4 atom stereocenters. The molecule has 0 bridgehead atoms. The topological polar surface area (TPSA) is 12.5 Å². The van der Waals surface area contributed by atoms with Gasteiger partial charge in [-0.15, -0.1) is 0 Å². The minimum atomic E-state index is 0.494. The number of halogens is 1. The predicted octanol–water partition coefficient (Wildman–Crippen LogP) is 3.58. The van der Waals surface area contributed by atoms with Gasteiger partial charge in [-0.2, -0.15) is 0 Å². The van der Waals surface area contributed by atoms with E-state index >= 15 is 0 Å². The summed E-state index contributed by atoms with van der Waals surface area (Å²) in [6.07, 6.45) is 11.2. The van der Waals surface area contributed by atoms with Crippen molar-refractivity contribution >= 4 is 15.9 Å². The van der Waals surface area contributed by atoms with Crippen LogP contribution in [-0.4, -0.2) is 42.1 Å². The number of hydrogen-bond donors (Lipinski definition) is 0. The molecule has 2 aliphatic carbocycles. The van der Waals surface area contributed by atoms with Crippen molar-refractivity contribution in [3.63, 3.8) is 0 Å². The molecule has 2 nitrogen and oxygen atoms in total. The highest BCUT2D eigenvalue weighted by Crippen LogP contribution is 2.32. The van der Waals surface area contributed by atoms with E-state index in [0.29, 0.717) is 10.9 Å². The molecule has 0 aromatic carbocycles. The van der Waals surface area contributed by atoms with Crippen LogP contribution in [0.15, 0.2) is 0 Å². The fraction of sp³-hybridized carbons (Fsp3) is 1.00. The predicted molar refractivity (Wildman–Crippen MR) is 75.8 cm³/mol. The first-order valence-corrected chi connectivity index (χ1v) is 8.02. The summed E-state index contributed by atoms with van der Waals surface area (Å²) < 4.78 is 5.55. The van der Waals surface area contributed by atoms with Gasteiger partial charge in [0.05, 0.1) is 6.10 Å². The molecule has 0 saturated heterocycles. The van der Waals surface area contributed by atoms with Crippen LogP contribution in [0.5, 0.6) is 0 Å². The summed E-state index contributed by atoms with van der Waals surface area (Å²) in [5.41, 5.74) is 0. The summed E-state index contributed by atoms with van der Waals surface area (Å²) in [7, 11) is 4.19. The maximum absolute atomic E-state index is 5.55. The van der Waals surface area contributed by atoms with Crippen molar-refractivity contribution in [2.24, 2.45) is 0 Å². The molecule has 0 aliphatic heterocycles. The lowest BCUT2D eigenvalue weighted by molar-refractivity contribution is 0.0198. The van der Waals surface area contributed by atoms with Crippen LogP contribution in [0.3, 0.4) is 0 Å². The van der Waals surface area contributed by atoms with Gasteiger partial charge in [-0.3, -0.25) is 4.90 Å². The van der Waals surface area contributed by atoms with Crippen molar-refractivity contribution in [3.05, 3.63) is 0 Å². The van der Waals surface area contributed by atoms with Crippen molar-refractivity contribution in [2.75, 3.05) is 14.2 Å². The second-order valence-corrected chi connectivity index (χ2v) is 6.89. The molecule has 0 N–H and O–H groups in total. The Labute approximate surface area is 114 Å². The van der Waals surface area contributed by atoms with E-state index in [-0.39, 0.29) is 0 Å². The third-order valence-electron chi connectivity index (χ3n) is 4.68. The van der Waals surface area contributed by atoms with Gasteiger partial charge in [0.1, 0.15) is 0 Å². The molecule has 2 fully saturated rings. The molecule has 0 heterocycles. The van der Waals surface area contributed by atoms with Gasteiger partial charge in [-0.1, -0.05) is 28.8 Å². The molecule has 0 radical (unpaired) electrons. The van der Waals surface area contributed by atoms with Crippen LogP contribution in [0.25, 0.3) is 0 Å². The lowest BCUT2D eigenvalue weighted by Gasteiger charge is -2.42. The summed E-state index contributed by atoms with van der Waals surface area (Å²) >= 11 is 3.88. The van der Waals surface area contributed by atoms with Gasteiger partial charge < -0.3 is 4.74 Å². The number of alkyl halides is 1. The Hall–Kier alpha value is 0.400. The first kappa shape index (κ1) is 13.8. The Kier molecular flexibility index (Phi) is 5.31. The summed E-state index contributed by atoms with van der Waals surface area (Å²) in [5.74, 6) is 0. The fourth-order valence-electron chi connectivity index (χ4n) is 3.50. The third kappa shape index (κ3) is 3.45. The highest BCUT2D eigenvalue weighted by molar-refractivity contribution is 9.09. The summed E-state index contributed by atoms with van der Waals surface area (Å²) in [4.78, 5) is 3.34. The second-order valence-electron chi connectivity index (χ2n) is 5.71. The van der Waals surface area contributed by atoms with Crippen LogP contribution < -0.4 is 0 Å². The molecule has 0 spiro atoms. The maximum atomic E-state index is 5.55. The Morgan fingerprint density at radius 3 is 2.53 bits per heavy atom. The molecular formula is C14H26BrNO. The minimum absolute atomic E-state index is 0.494.